The van der Waals surface area contributed by atoms with Gasteiger partial charge in [0.05, 0.1) is 11.1 Å². The number of nitriles is 1. The molecule has 36 heavy (non-hydrogen) atoms. The van der Waals surface area contributed by atoms with E-state index in [9.17, 15) is 14.9 Å². The molecular weight excluding hydrogens is 522 g/mol. The van der Waals surface area contributed by atoms with Crippen LogP contribution in [0.4, 0.5) is 11.4 Å². The molecule has 0 fully saturated rings. The SMILES string of the molecule is CCOc1cc(/C=C(\C#N)C(=O)Nc2ccccc2)cc(Br)c1OCC(=O)Nc1ccc(C)cc1C. The number of para-hydroxylation sites is 1. The van der Waals surface area contributed by atoms with E-state index in [1.54, 1.807) is 36.4 Å². The number of nitrogens with zero attached hydrogens (tertiary/aromatic N) is 1. The average molecular weight is 548 g/mol. The van der Waals surface area contributed by atoms with Gasteiger partial charge in [-0.05, 0) is 84.2 Å². The number of aryl methyl sites for hydroxylation is 2. The predicted octanol–water partition coefficient (Wildman–Crippen LogP) is 6.03. The molecule has 0 heterocycles. The van der Waals surface area contributed by atoms with Gasteiger partial charge in [-0.25, -0.2) is 0 Å². The van der Waals surface area contributed by atoms with Gasteiger partial charge < -0.3 is 20.1 Å². The average Bonchev–Trinajstić information content (AvgIpc) is 2.84. The fourth-order valence-corrected chi connectivity index (χ4v) is 3.96. The van der Waals surface area contributed by atoms with Crippen LogP contribution in [0.15, 0.2) is 70.7 Å². The van der Waals surface area contributed by atoms with Crippen LogP contribution < -0.4 is 20.1 Å². The molecule has 7 nitrogen and oxygen atoms in total. The Morgan fingerprint density at radius 1 is 1.03 bits per heavy atom. The van der Waals surface area contributed by atoms with Gasteiger partial charge in [0.25, 0.3) is 11.8 Å². The maximum absolute atomic E-state index is 12.6. The van der Waals surface area contributed by atoms with Crippen molar-refractivity contribution in [3.8, 4) is 17.6 Å². The third kappa shape index (κ3) is 7.20. The molecule has 0 aliphatic carbocycles. The highest BCUT2D eigenvalue weighted by molar-refractivity contribution is 9.10. The van der Waals surface area contributed by atoms with Gasteiger partial charge in [0.2, 0.25) is 0 Å². The quantitative estimate of drug-likeness (QED) is 0.251. The normalized spacial score (nSPS) is 10.8. The number of carbonyl (C=O) groups excluding carboxylic acids is 2. The Balaban J connectivity index is 1.77. The summed E-state index contributed by atoms with van der Waals surface area (Å²) in [5, 5.41) is 15.1. The van der Waals surface area contributed by atoms with Crippen molar-refractivity contribution in [2.45, 2.75) is 20.8 Å². The second-order valence-corrected chi connectivity index (χ2v) is 8.76. The summed E-state index contributed by atoms with van der Waals surface area (Å²) >= 11 is 3.46. The molecule has 0 spiro atoms. The summed E-state index contributed by atoms with van der Waals surface area (Å²) in [6.45, 7) is 5.85. The molecule has 0 saturated carbocycles. The maximum Gasteiger partial charge on any atom is 0.266 e. The number of rotatable bonds is 9. The van der Waals surface area contributed by atoms with Crippen LogP contribution in [0.2, 0.25) is 0 Å². The lowest BCUT2D eigenvalue weighted by atomic mass is 10.1. The third-order valence-electron chi connectivity index (χ3n) is 5.04. The highest BCUT2D eigenvalue weighted by Gasteiger charge is 2.16. The van der Waals surface area contributed by atoms with E-state index < -0.39 is 5.91 Å². The van der Waals surface area contributed by atoms with Gasteiger partial charge in [-0.15, -0.1) is 0 Å². The molecule has 2 N–H and O–H groups in total. The molecule has 0 saturated heterocycles. The molecule has 0 atom stereocenters. The highest BCUT2D eigenvalue weighted by atomic mass is 79.9. The van der Waals surface area contributed by atoms with Crippen LogP contribution in [0.3, 0.4) is 0 Å². The van der Waals surface area contributed by atoms with Crippen LogP contribution in [-0.4, -0.2) is 25.0 Å². The van der Waals surface area contributed by atoms with Crippen molar-refractivity contribution in [3.05, 3.63) is 87.4 Å². The lowest BCUT2D eigenvalue weighted by Crippen LogP contribution is -2.21. The largest absolute Gasteiger partial charge is 0.490 e. The number of hydrogen-bond acceptors (Lipinski definition) is 5. The second-order valence-electron chi connectivity index (χ2n) is 7.91. The van der Waals surface area contributed by atoms with E-state index in [4.69, 9.17) is 9.47 Å². The molecule has 0 bridgehead atoms. The zero-order chi connectivity index (χ0) is 26.1. The van der Waals surface area contributed by atoms with Gasteiger partial charge in [-0.3, -0.25) is 9.59 Å². The second kappa shape index (κ2) is 12.6. The van der Waals surface area contributed by atoms with Crippen molar-refractivity contribution in [2.75, 3.05) is 23.8 Å². The number of amides is 2. The Morgan fingerprint density at radius 3 is 2.44 bits per heavy atom. The van der Waals surface area contributed by atoms with E-state index >= 15 is 0 Å². The number of carbonyl (C=O) groups is 2. The van der Waals surface area contributed by atoms with Gasteiger partial charge in [0, 0.05) is 11.4 Å². The summed E-state index contributed by atoms with van der Waals surface area (Å²) in [5.74, 6) is -0.124. The van der Waals surface area contributed by atoms with Gasteiger partial charge in [-0.1, -0.05) is 35.9 Å². The van der Waals surface area contributed by atoms with E-state index in [1.165, 1.54) is 6.08 Å². The molecule has 0 radical (unpaired) electrons. The van der Waals surface area contributed by atoms with Crippen molar-refractivity contribution < 1.29 is 19.1 Å². The van der Waals surface area contributed by atoms with Crippen molar-refractivity contribution in [1.29, 1.82) is 5.26 Å². The molecule has 3 rings (SSSR count). The van der Waals surface area contributed by atoms with Crippen LogP contribution in [0.1, 0.15) is 23.6 Å². The first-order valence-electron chi connectivity index (χ1n) is 11.2. The molecule has 3 aromatic rings. The smallest absolute Gasteiger partial charge is 0.266 e. The number of benzene rings is 3. The molecule has 0 aromatic heterocycles. The van der Waals surface area contributed by atoms with E-state index in [-0.39, 0.29) is 18.1 Å². The Bertz CT molecular complexity index is 1330. The van der Waals surface area contributed by atoms with Crippen molar-refractivity contribution in [2.24, 2.45) is 0 Å². The Labute approximate surface area is 218 Å². The van der Waals surface area contributed by atoms with Crippen LogP contribution >= 0.6 is 15.9 Å². The molecule has 0 unspecified atom stereocenters. The summed E-state index contributed by atoms with van der Waals surface area (Å²) in [5.41, 5.74) is 3.85. The fourth-order valence-electron chi connectivity index (χ4n) is 3.39. The minimum absolute atomic E-state index is 0.0743. The van der Waals surface area contributed by atoms with Crippen LogP contribution in [0, 0.1) is 25.2 Å². The number of halogens is 1. The highest BCUT2D eigenvalue weighted by Crippen LogP contribution is 2.37. The molecule has 0 aliphatic rings. The first-order chi connectivity index (χ1) is 17.3. The number of hydrogen-bond donors (Lipinski definition) is 2. The van der Waals surface area contributed by atoms with Gasteiger partial charge in [-0.2, -0.15) is 5.26 Å². The summed E-state index contributed by atoms with van der Waals surface area (Å²) in [6.07, 6.45) is 1.46. The van der Waals surface area contributed by atoms with Crippen molar-refractivity contribution in [1.82, 2.24) is 0 Å². The van der Waals surface area contributed by atoms with E-state index in [0.29, 0.717) is 33.8 Å². The lowest BCUT2D eigenvalue weighted by Gasteiger charge is -2.15. The fraction of sp³-hybridized carbons (Fsp3) is 0.179. The minimum Gasteiger partial charge on any atom is -0.490 e. The predicted molar refractivity (Wildman–Crippen MR) is 144 cm³/mol. The van der Waals surface area contributed by atoms with Gasteiger partial charge in [0.1, 0.15) is 11.6 Å². The van der Waals surface area contributed by atoms with Gasteiger partial charge >= 0.3 is 0 Å². The number of anilines is 2. The summed E-state index contributed by atoms with van der Waals surface area (Å²) in [7, 11) is 0. The summed E-state index contributed by atoms with van der Waals surface area (Å²) < 4.78 is 12.0. The van der Waals surface area contributed by atoms with Crippen molar-refractivity contribution in [3.63, 3.8) is 0 Å². The maximum atomic E-state index is 12.6. The monoisotopic (exact) mass is 547 g/mol. The Kier molecular flexibility index (Phi) is 9.25. The van der Waals surface area contributed by atoms with Crippen LogP contribution in [0.5, 0.6) is 11.5 Å². The molecule has 2 amide bonds. The van der Waals surface area contributed by atoms with E-state index in [1.807, 2.05) is 51.1 Å². The first kappa shape index (κ1) is 26.5. The van der Waals surface area contributed by atoms with Crippen LogP contribution in [-0.2, 0) is 9.59 Å². The zero-order valence-corrected chi connectivity index (χ0v) is 21.8. The number of ether oxygens (including phenoxy) is 2. The molecule has 3 aromatic carbocycles. The van der Waals surface area contributed by atoms with E-state index in [2.05, 4.69) is 26.6 Å². The van der Waals surface area contributed by atoms with E-state index in [0.717, 1.165) is 16.8 Å². The van der Waals surface area contributed by atoms with Crippen molar-refractivity contribution >= 4 is 45.2 Å². The minimum atomic E-state index is -0.527. The van der Waals surface area contributed by atoms with Crippen LogP contribution in [0.25, 0.3) is 6.08 Å². The summed E-state index contributed by atoms with van der Waals surface area (Å²) in [4.78, 5) is 25.1. The standard InChI is InChI=1S/C28H26BrN3O4/c1-4-35-25-15-20(13-21(16-30)28(34)31-22-8-6-5-7-9-22)14-23(29)27(25)36-17-26(33)32-24-11-10-18(2)12-19(24)3/h5-15H,4,17H2,1-3H3,(H,31,34)(H,32,33)/b21-13+. The molecule has 8 heteroatoms. The third-order valence-corrected chi connectivity index (χ3v) is 5.63. The van der Waals surface area contributed by atoms with Gasteiger partial charge in [0.15, 0.2) is 18.1 Å². The zero-order valence-electron chi connectivity index (χ0n) is 20.2. The Morgan fingerprint density at radius 2 is 1.78 bits per heavy atom. The Hall–Kier alpha value is -4.09. The molecule has 0 aliphatic heterocycles. The molecule has 184 valence electrons. The number of nitrogens with one attached hydrogen (secondary N) is 2. The summed E-state index contributed by atoms with van der Waals surface area (Å²) in [6, 6.07) is 19.9. The molecular formula is C28H26BrN3O4. The topological polar surface area (TPSA) is 100 Å². The lowest BCUT2D eigenvalue weighted by molar-refractivity contribution is -0.118. The first-order valence-corrected chi connectivity index (χ1v) is 12.0.